The third-order valence-corrected chi connectivity index (χ3v) is 4.95. The van der Waals surface area contributed by atoms with Gasteiger partial charge in [0.1, 0.15) is 6.04 Å². The van der Waals surface area contributed by atoms with E-state index in [1.807, 2.05) is 31.2 Å². The number of benzene rings is 1. The van der Waals surface area contributed by atoms with Gasteiger partial charge in [0.05, 0.1) is 11.3 Å². The summed E-state index contributed by atoms with van der Waals surface area (Å²) in [5.41, 5.74) is 4.08. The minimum Gasteiger partial charge on any atom is -0.480 e. The Kier molecular flexibility index (Phi) is 3.40. The van der Waals surface area contributed by atoms with Gasteiger partial charge >= 0.3 is 5.97 Å². The summed E-state index contributed by atoms with van der Waals surface area (Å²) in [6.45, 7) is 2.14. The quantitative estimate of drug-likeness (QED) is 0.906. The second-order valence-electron chi connectivity index (χ2n) is 6.64. The first kappa shape index (κ1) is 14.9. The first-order valence-electron chi connectivity index (χ1n) is 8.21. The molecule has 0 bridgehead atoms. The van der Waals surface area contributed by atoms with E-state index < -0.39 is 12.0 Å². The van der Waals surface area contributed by atoms with E-state index in [0.717, 1.165) is 29.7 Å². The van der Waals surface area contributed by atoms with E-state index in [9.17, 15) is 14.7 Å². The van der Waals surface area contributed by atoms with Crippen molar-refractivity contribution < 1.29 is 14.7 Å². The summed E-state index contributed by atoms with van der Waals surface area (Å²) in [6.07, 6.45) is 2.42. The van der Waals surface area contributed by atoms with Gasteiger partial charge in [0.2, 0.25) is 0 Å². The number of rotatable bonds is 3. The summed E-state index contributed by atoms with van der Waals surface area (Å²) in [6, 6.07) is 6.87. The molecular formula is C18H19N3O3. The monoisotopic (exact) mass is 325 g/mol. The highest BCUT2D eigenvalue weighted by Gasteiger charge is 2.39. The van der Waals surface area contributed by atoms with Crippen LogP contribution in [0.3, 0.4) is 0 Å². The SMILES string of the molecule is Cc1[nH]nc(C2CC2)c1C(=O)N1Cc2ccccc2CC1C(=O)O. The number of carboxylic acids is 1. The lowest BCUT2D eigenvalue weighted by Crippen LogP contribution is -2.48. The third-order valence-electron chi connectivity index (χ3n) is 4.95. The molecule has 0 spiro atoms. The molecule has 24 heavy (non-hydrogen) atoms. The summed E-state index contributed by atoms with van der Waals surface area (Å²) in [5.74, 6) is -0.869. The topological polar surface area (TPSA) is 86.3 Å². The number of carbonyl (C=O) groups is 2. The summed E-state index contributed by atoms with van der Waals surface area (Å²) in [5, 5.41) is 16.8. The van der Waals surface area contributed by atoms with Gasteiger partial charge in [0.15, 0.2) is 0 Å². The molecule has 2 aliphatic rings. The molecule has 2 N–H and O–H groups in total. The van der Waals surface area contributed by atoms with Gasteiger partial charge in [-0.25, -0.2) is 4.79 Å². The normalized spacial score (nSPS) is 19.9. The summed E-state index contributed by atoms with van der Waals surface area (Å²) in [4.78, 5) is 26.4. The number of aromatic nitrogens is 2. The minimum absolute atomic E-state index is 0.231. The van der Waals surface area contributed by atoms with Crippen LogP contribution in [0.5, 0.6) is 0 Å². The number of carbonyl (C=O) groups excluding carboxylic acids is 1. The highest BCUT2D eigenvalue weighted by atomic mass is 16.4. The molecule has 1 unspecified atom stereocenters. The van der Waals surface area contributed by atoms with Gasteiger partial charge in [-0.2, -0.15) is 5.10 Å². The lowest BCUT2D eigenvalue weighted by Gasteiger charge is -2.34. The van der Waals surface area contributed by atoms with Gasteiger partial charge in [-0.05, 0) is 30.9 Å². The molecule has 1 aliphatic heterocycles. The van der Waals surface area contributed by atoms with Crippen LogP contribution in [-0.2, 0) is 17.8 Å². The number of aromatic amines is 1. The Morgan fingerprint density at radius 2 is 1.96 bits per heavy atom. The van der Waals surface area contributed by atoms with Crippen molar-refractivity contribution in [1.82, 2.24) is 15.1 Å². The van der Waals surface area contributed by atoms with E-state index in [0.29, 0.717) is 30.1 Å². The molecule has 1 aliphatic carbocycles. The Morgan fingerprint density at radius 3 is 2.62 bits per heavy atom. The Balaban J connectivity index is 1.73. The number of nitrogens with one attached hydrogen (secondary N) is 1. The standard InChI is InChI=1S/C18H19N3O3/c1-10-15(16(20-19-10)11-6-7-11)17(22)21-9-13-5-3-2-4-12(13)8-14(21)18(23)24/h2-5,11,14H,6-9H2,1H3,(H,19,20)(H,23,24). The predicted molar refractivity (Wildman–Crippen MR) is 86.7 cm³/mol. The number of fused-ring (bicyclic) bond motifs is 1. The van der Waals surface area contributed by atoms with Gasteiger partial charge in [0.25, 0.3) is 5.91 Å². The van der Waals surface area contributed by atoms with E-state index in [2.05, 4.69) is 10.2 Å². The van der Waals surface area contributed by atoms with Crippen molar-refractivity contribution in [1.29, 1.82) is 0 Å². The van der Waals surface area contributed by atoms with Crippen LogP contribution in [0, 0.1) is 6.92 Å². The average molecular weight is 325 g/mol. The van der Waals surface area contributed by atoms with Crippen molar-refractivity contribution in [3.63, 3.8) is 0 Å². The number of aryl methyl sites for hydroxylation is 1. The van der Waals surface area contributed by atoms with Gasteiger partial charge in [-0.15, -0.1) is 0 Å². The number of nitrogens with zero attached hydrogens (tertiary/aromatic N) is 2. The number of hydrogen-bond acceptors (Lipinski definition) is 3. The minimum atomic E-state index is -0.966. The maximum absolute atomic E-state index is 13.2. The van der Waals surface area contributed by atoms with Gasteiger partial charge < -0.3 is 10.0 Å². The molecule has 0 radical (unpaired) electrons. The van der Waals surface area contributed by atoms with Crippen molar-refractivity contribution in [2.75, 3.05) is 0 Å². The molecular weight excluding hydrogens is 306 g/mol. The number of H-pyrrole nitrogens is 1. The lowest BCUT2D eigenvalue weighted by atomic mass is 9.93. The van der Waals surface area contributed by atoms with Crippen LogP contribution in [0.25, 0.3) is 0 Å². The van der Waals surface area contributed by atoms with Crippen LogP contribution >= 0.6 is 0 Å². The molecule has 124 valence electrons. The van der Waals surface area contributed by atoms with Crippen molar-refractivity contribution in [2.45, 2.75) is 44.7 Å². The van der Waals surface area contributed by atoms with Gasteiger partial charge in [-0.1, -0.05) is 24.3 Å². The molecule has 0 saturated heterocycles. The van der Waals surface area contributed by atoms with Gasteiger partial charge in [0, 0.05) is 24.6 Å². The van der Waals surface area contributed by atoms with Crippen LogP contribution in [0.2, 0.25) is 0 Å². The molecule has 1 aromatic heterocycles. The Bertz CT molecular complexity index is 823. The Labute approximate surface area is 139 Å². The molecule has 1 atom stereocenters. The number of amides is 1. The van der Waals surface area contributed by atoms with Gasteiger partial charge in [-0.3, -0.25) is 9.89 Å². The van der Waals surface area contributed by atoms with E-state index in [1.165, 1.54) is 4.90 Å². The number of hydrogen-bond donors (Lipinski definition) is 2. The van der Waals surface area contributed by atoms with Crippen molar-refractivity contribution >= 4 is 11.9 Å². The summed E-state index contributed by atoms with van der Waals surface area (Å²) < 4.78 is 0. The fourth-order valence-corrected chi connectivity index (χ4v) is 3.47. The average Bonchev–Trinajstić information content (AvgIpc) is 3.35. The molecule has 6 nitrogen and oxygen atoms in total. The van der Waals surface area contributed by atoms with E-state index in [-0.39, 0.29) is 5.91 Å². The molecule has 6 heteroatoms. The van der Waals surface area contributed by atoms with E-state index >= 15 is 0 Å². The maximum Gasteiger partial charge on any atom is 0.326 e. The first-order chi connectivity index (χ1) is 11.6. The molecule has 1 fully saturated rings. The smallest absolute Gasteiger partial charge is 0.326 e. The summed E-state index contributed by atoms with van der Waals surface area (Å²) >= 11 is 0. The molecule has 4 rings (SSSR count). The zero-order chi connectivity index (χ0) is 16.8. The third kappa shape index (κ3) is 2.38. The zero-order valence-electron chi connectivity index (χ0n) is 13.5. The predicted octanol–water partition coefficient (Wildman–Crippen LogP) is 2.25. The number of carboxylic acid groups (broad SMARTS) is 1. The highest BCUT2D eigenvalue weighted by Crippen LogP contribution is 2.41. The van der Waals surface area contributed by atoms with Crippen LogP contribution in [0.4, 0.5) is 0 Å². The molecule has 1 saturated carbocycles. The van der Waals surface area contributed by atoms with E-state index in [1.54, 1.807) is 0 Å². The van der Waals surface area contributed by atoms with Crippen LogP contribution in [0.1, 0.15) is 51.6 Å². The van der Waals surface area contributed by atoms with Crippen molar-refractivity contribution in [3.8, 4) is 0 Å². The second kappa shape index (κ2) is 5.47. The van der Waals surface area contributed by atoms with E-state index in [4.69, 9.17) is 0 Å². The van der Waals surface area contributed by atoms with Crippen LogP contribution in [-0.4, -0.2) is 38.1 Å². The van der Waals surface area contributed by atoms with Crippen molar-refractivity contribution in [3.05, 3.63) is 52.3 Å². The Morgan fingerprint density at radius 1 is 1.25 bits per heavy atom. The fraction of sp³-hybridized carbons (Fsp3) is 0.389. The Hall–Kier alpha value is -2.63. The molecule has 1 aromatic carbocycles. The lowest BCUT2D eigenvalue weighted by molar-refractivity contribution is -0.142. The largest absolute Gasteiger partial charge is 0.480 e. The first-order valence-corrected chi connectivity index (χ1v) is 8.21. The number of aliphatic carboxylic acids is 1. The fourth-order valence-electron chi connectivity index (χ4n) is 3.47. The molecule has 1 amide bonds. The highest BCUT2D eigenvalue weighted by molar-refractivity contribution is 5.99. The molecule has 2 heterocycles. The van der Waals surface area contributed by atoms with Crippen molar-refractivity contribution in [2.24, 2.45) is 0 Å². The van der Waals surface area contributed by atoms with Crippen LogP contribution in [0.15, 0.2) is 24.3 Å². The zero-order valence-corrected chi connectivity index (χ0v) is 13.5. The second-order valence-corrected chi connectivity index (χ2v) is 6.64. The molecule has 2 aromatic rings. The maximum atomic E-state index is 13.2. The van der Waals surface area contributed by atoms with Crippen LogP contribution < -0.4 is 0 Å². The summed E-state index contributed by atoms with van der Waals surface area (Å²) in [7, 11) is 0.